The predicted octanol–water partition coefficient (Wildman–Crippen LogP) is 3.03. The van der Waals surface area contributed by atoms with Crippen LogP contribution >= 0.6 is 0 Å². The Labute approximate surface area is 129 Å². The van der Waals surface area contributed by atoms with Crippen LogP contribution in [0.3, 0.4) is 0 Å². The van der Waals surface area contributed by atoms with Crippen molar-refractivity contribution in [3.05, 3.63) is 64.6 Å². The lowest BCUT2D eigenvalue weighted by molar-refractivity contribution is -0.119. The molecule has 0 spiro atoms. The third kappa shape index (κ3) is 3.27. The molecule has 1 aromatic heterocycles. The largest absolute Gasteiger partial charge is 0.321 e. The first-order chi connectivity index (χ1) is 10.7. The second-order valence-electron chi connectivity index (χ2n) is 5.81. The first-order valence-electron chi connectivity index (χ1n) is 7.78. The molecule has 1 fully saturated rings. The molecule has 1 aliphatic rings. The molecule has 114 valence electrons. The Morgan fingerprint density at radius 3 is 2.55 bits per heavy atom. The molecule has 0 unspecified atom stereocenters. The lowest BCUT2D eigenvalue weighted by Gasteiger charge is -2.12. The Morgan fingerprint density at radius 1 is 1.09 bits per heavy atom. The first kappa shape index (κ1) is 14.6. The first-order valence-corrected chi connectivity index (χ1v) is 7.78. The van der Waals surface area contributed by atoms with Gasteiger partial charge in [0, 0.05) is 12.1 Å². The summed E-state index contributed by atoms with van der Waals surface area (Å²) in [7, 11) is 0. The van der Waals surface area contributed by atoms with Crippen LogP contribution in [-0.4, -0.2) is 10.5 Å². The van der Waals surface area contributed by atoms with E-state index in [2.05, 4.69) is 5.32 Å². The van der Waals surface area contributed by atoms with Crippen LogP contribution in [0.1, 0.15) is 31.2 Å². The fraction of sp³-hybridized carbons (Fsp3) is 0.333. The second-order valence-corrected chi connectivity index (χ2v) is 5.81. The number of nitrogens with one attached hydrogen (secondary N) is 1. The highest BCUT2D eigenvalue weighted by molar-refractivity contribution is 5.92. The molecule has 1 N–H and O–H groups in total. The van der Waals surface area contributed by atoms with Crippen LogP contribution in [0.15, 0.2) is 53.5 Å². The normalized spacial score (nSPS) is 14.9. The number of benzene rings is 1. The third-order valence-electron chi connectivity index (χ3n) is 4.20. The summed E-state index contributed by atoms with van der Waals surface area (Å²) in [6.45, 7) is 0.507. The quantitative estimate of drug-likeness (QED) is 0.943. The summed E-state index contributed by atoms with van der Waals surface area (Å²) in [5, 5.41) is 2.81. The number of nitrogens with zero attached hydrogens (tertiary/aromatic N) is 1. The van der Waals surface area contributed by atoms with E-state index in [9.17, 15) is 9.59 Å². The molecule has 1 aliphatic carbocycles. The van der Waals surface area contributed by atoms with Gasteiger partial charge in [-0.25, -0.2) is 0 Å². The van der Waals surface area contributed by atoms with E-state index < -0.39 is 0 Å². The van der Waals surface area contributed by atoms with E-state index >= 15 is 0 Å². The number of anilines is 1. The molecule has 0 aliphatic heterocycles. The molecule has 2 aromatic rings. The standard InChI is InChI=1S/C18H20N2O2/c21-17(15-9-4-5-10-15)19-16-11-6-12-20(18(16)22)13-14-7-2-1-3-8-14/h1-3,6-8,11-12,15H,4-5,9-10,13H2,(H,19,21). The summed E-state index contributed by atoms with van der Waals surface area (Å²) in [5.74, 6) is 0.0363. The highest BCUT2D eigenvalue weighted by atomic mass is 16.2. The van der Waals surface area contributed by atoms with Gasteiger partial charge in [0.1, 0.15) is 5.69 Å². The van der Waals surface area contributed by atoms with Crippen molar-refractivity contribution in [2.24, 2.45) is 5.92 Å². The van der Waals surface area contributed by atoms with E-state index in [0.29, 0.717) is 12.2 Å². The van der Waals surface area contributed by atoms with Crippen molar-refractivity contribution in [3.63, 3.8) is 0 Å². The summed E-state index contributed by atoms with van der Waals surface area (Å²) in [6, 6.07) is 13.3. The number of hydrogen-bond donors (Lipinski definition) is 1. The predicted molar refractivity (Wildman–Crippen MR) is 86.8 cm³/mol. The summed E-state index contributed by atoms with van der Waals surface area (Å²) in [6.07, 6.45) is 5.81. The Balaban J connectivity index is 1.77. The van der Waals surface area contributed by atoms with Gasteiger partial charge in [0.2, 0.25) is 5.91 Å². The number of hydrogen-bond acceptors (Lipinski definition) is 2. The molecular weight excluding hydrogens is 276 g/mol. The molecule has 1 heterocycles. The zero-order chi connectivity index (χ0) is 15.4. The molecule has 1 amide bonds. The Bertz CT molecular complexity index is 701. The summed E-state index contributed by atoms with van der Waals surface area (Å²) >= 11 is 0. The molecule has 4 heteroatoms. The summed E-state index contributed by atoms with van der Waals surface area (Å²) in [5.41, 5.74) is 1.27. The number of amides is 1. The van der Waals surface area contributed by atoms with Crippen LogP contribution in [0, 0.1) is 5.92 Å². The van der Waals surface area contributed by atoms with Crippen molar-refractivity contribution in [1.29, 1.82) is 0 Å². The van der Waals surface area contributed by atoms with E-state index in [0.717, 1.165) is 31.2 Å². The SMILES string of the molecule is O=C(Nc1cccn(Cc2ccccc2)c1=O)C1CCCC1. The van der Waals surface area contributed by atoms with Crippen molar-refractivity contribution in [2.75, 3.05) is 5.32 Å². The van der Waals surface area contributed by atoms with Gasteiger partial charge < -0.3 is 9.88 Å². The topological polar surface area (TPSA) is 51.1 Å². The number of rotatable bonds is 4. The highest BCUT2D eigenvalue weighted by Gasteiger charge is 2.23. The van der Waals surface area contributed by atoms with Gasteiger partial charge in [-0.2, -0.15) is 0 Å². The number of carbonyl (C=O) groups excluding carboxylic acids is 1. The van der Waals surface area contributed by atoms with Crippen molar-refractivity contribution in [3.8, 4) is 0 Å². The van der Waals surface area contributed by atoms with E-state index in [1.54, 1.807) is 22.9 Å². The van der Waals surface area contributed by atoms with E-state index in [1.165, 1.54) is 0 Å². The molecule has 1 aromatic carbocycles. The van der Waals surface area contributed by atoms with Gasteiger partial charge in [-0.05, 0) is 30.5 Å². The van der Waals surface area contributed by atoms with E-state index in [-0.39, 0.29) is 17.4 Å². The molecule has 0 atom stereocenters. The number of pyridine rings is 1. The maximum Gasteiger partial charge on any atom is 0.274 e. The lowest BCUT2D eigenvalue weighted by Crippen LogP contribution is -2.28. The number of aromatic nitrogens is 1. The van der Waals surface area contributed by atoms with Crippen molar-refractivity contribution in [2.45, 2.75) is 32.2 Å². The van der Waals surface area contributed by atoms with Gasteiger partial charge in [-0.15, -0.1) is 0 Å². The molecule has 0 radical (unpaired) electrons. The van der Waals surface area contributed by atoms with Gasteiger partial charge in [-0.1, -0.05) is 43.2 Å². The van der Waals surface area contributed by atoms with Crippen LogP contribution < -0.4 is 10.9 Å². The summed E-state index contributed by atoms with van der Waals surface area (Å²) in [4.78, 5) is 24.6. The van der Waals surface area contributed by atoms with E-state index in [1.807, 2.05) is 30.3 Å². The zero-order valence-electron chi connectivity index (χ0n) is 12.5. The fourth-order valence-corrected chi connectivity index (χ4v) is 2.96. The molecule has 0 saturated heterocycles. The van der Waals surface area contributed by atoms with Crippen LogP contribution in [0.4, 0.5) is 5.69 Å². The zero-order valence-corrected chi connectivity index (χ0v) is 12.5. The summed E-state index contributed by atoms with van der Waals surface area (Å²) < 4.78 is 1.62. The molecule has 22 heavy (non-hydrogen) atoms. The van der Waals surface area contributed by atoms with E-state index in [4.69, 9.17) is 0 Å². The van der Waals surface area contributed by atoms with Gasteiger partial charge in [0.05, 0.1) is 6.54 Å². The maximum atomic E-state index is 12.5. The monoisotopic (exact) mass is 296 g/mol. The van der Waals surface area contributed by atoms with Crippen LogP contribution in [0.2, 0.25) is 0 Å². The van der Waals surface area contributed by atoms with Gasteiger partial charge in [0.25, 0.3) is 5.56 Å². The second kappa shape index (κ2) is 6.60. The highest BCUT2D eigenvalue weighted by Crippen LogP contribution is 2.25. The minimum atomic E-state index is -0.155. The van der Waals surface area contributed by atoms with Crippen LogP contribution in [-0.2, 0) is 11.3 Å². The van der Waals surface area contributed by atoms with Gasteiger partial charge in [0.15, 0.2) is 0 Å². The fourth-order valence-electron chi connectivity index (χ4n) is 2.96. The average molecular weight is 296 g/mol. The van der Waals surface area contributed by atoms with Crippen LogP contribution in [0.5, 0.6) is 0 Å². The minimum absolute atomic E-state index is 0.0212. The van der Waals surface area contributed by atoms with Crippen LogP contribution in [0.25, 0.3) is 0 Å². The Morgan fingerprint density at radius 2 is 1.82 bits per heavy atom. The molecule has 4 nitrogen and oxygen atoms in total. The van der Waals surface area contributed by atoms with Gasteiger partial charge >= 0.3 is 0 Å². The Kier molecular flexibility index (Phi) is 4.37. The average Bonchev–Trinajstić information content (AvgIpc) is 3.07. The number of carbonyl (C=O) groups is 1. The lowest BCUT2D eigenvalue weighted by atomic mass is 10.1. The Hall–Kier alpha value is -2.36. The van der Waals surface area contributed by atoms with Crippen molar-refractivity contribution >= 4 is 11.6 Å². The maximum absolute atomic E-state index is 12.5. The van der Waals surface area contributed by atoms with Gasteiger partial charge in [-0.3, -0.25) is 9.59 Å². The molecular formula is C18H20N2O2. The minimum Gasteiger partial charge on any atom is -0.321 e. The van der Waals surface area contributed by atoms with Crippen molar-refractivity contribution < 1.29 is 4.79 Å². The van der Waals surface area contributed by atoms with Crippen molar-refractivity contribution in [1.82, 2.24) is 4.57 Å². The molecule has 0 bridgehead atoms. The third-order valence-corrected chi connectivity index (χ3v) is 4.20. The smallest absolute Gasteiger partial charge is 0.274 e. The molecule has 3 rings (SSSR count). The molecule has 1 saturated carbocycles.